The van der Waals surface area contributed by atoms with Gasteiger partial charge in [-0.2, -0.15) is 13.2 Å². The maximum absolute atomic E-state index is 12.9. The van der Waals surface area contributed by atoms with Crippen LogP contribution in [0, 0.1) is 5.92 Å². The summed E-state index contributed by atoms with van der Waals surface area (Å²) in [7, 11) is 1.45. The van der Waals surface area contributed by atoms with Crippen LogP contribution in [0.25, 0.3) is 0 Å². The van der Waals surface area contributed by atoms with Gasteiger partial charge in [0, 0.05) is 32.2 Å². The van der Waals surface area contributed by atoms with Crippen molar-refractivity contribution < 1.29 is 27.6 Å². The maximum atomic E-state index is 12.9. The number of alkyl halides is 3. The molecule has 2 rings (SSSR count). The van der Waals surface area contributed by atoms with Crippen molar-refractivity contribution in [3.05, 3.63) is 28.8 Å². The zero-order valence-corrected chi connectivity index (χ0v) is 16.9. The third-order valence-electron chi connectivity index (χ3n) is 4.74. The lowest BCUT2D eigenvalue weighted by Crippen LogP contribution is -2.47. The first-order valence-electron chi connectivity index (χ1n) is 9.22. The number of rotatable bonds is 5. The second-order valence-corrected chi connectivity index (χ2v) is 7.37. The van der Waals surface area contributed by atoms with E-state index in [9.17, 15) is 27.6 Å². The van der Waals surface area contributed by atoms with E-state index in [0.29, 0.717) is 32.4 Å². The largest absolute Gasteiger partial charge is 0.417 e. The number of hydrogen-bond donors (Lipinski definition) is 1. The van der Waals surface area contributed by atoms with Gasteiger partial charge in [0.15, 0.2) is 0 Å². The van der Waals surface area contributed by atoms with Crippen molar-refractivity contribution in [2.24, 2.45) is 5.92 Å². The Balaban J connectivity index is 1.97. The van der Waals surface area contributed by atoms with Gasteiger partial charge in [-0.3, -0.25) is 14.4 Å². The highest BCUT2D eigenvalue weighted by atomic mass is 35.5. The zero-order valence-electron chi connectivity index (χ0n) is 16.2. The number of halogens is 4. The minimum Gasteiger partial charge on any atom is -0.342 e. The SMILES string of the molecule is CCC(=O)N1CCCC(C(=O)N(C)CC(=O)Nc2ccc(Cl)c(C(F)(F)F)c2)C1. The van der Waals surface area contributed by atoms with Crippen LogP contribution in [0.2, 0.25) is 5.02 Å². The number of likely N-dealkylation sites (N-methyl/N-ethyl adjacent to an activating group) is 1. The van der Waals surface area contributed by atoms with Gasteiger partial charge in [-0.15, -0.1) is 0 Å². The Morgan fingerprint density at radius 3 is 2.62 bits per heavy atom. The van der Waals surface area contributed by atoms with Crippen molar-refractivity contribution in [3.63, 3.8) is 0 Å². The highest BCUT2D eigenvalue weighted by Gasteiger charge is 2.34. The molecule has 1 N–H and O–H groups in total. The zero-order chi connectivity index (χ0) is 21.8. The smallest absolute Gasteiger partial charge is 0.342 e. The van der Waals surface area contributed by atoms with Crippen LogP contribution in [0.1, 0.15) is 31.7 Å². The standard InChI is InChI=1S/C19H23ClF3N3O3/c1-3-17(28)26-8-4-5-12(10-26)18(29)25(2)11-16(27)24-13-6-7-15(20)14(9-13)19(21,22)23/h6-7,9,12H,3-5,8,10-11H2,1-2H3,(H,24,27). The first-order valence-corrected chi connectivity index (χ1v) is 9.60. The lowest BCUT2D eigenvalue weighted by molar-refractivity contribution is -0.141. The highest BCUT2D eigenvalue weighted by molar-refractivity contribution is 6.31. The Kier molecular flexibility index (Phi) is 7.51. The van der Waals surface area contributed by atoms with Gasteiger partial charge in [0.2, 0.25) is 17.7 Å². The van der Waals surface area contributed by atoms with E-state index < -0.39 is 28.6 Å². The fraction of sp³-hybridized carbons (Fsp3) is 0.526. The monoisotopic (exact) mass is 433 g/mol. The third kappa shape index (κ3) is 6.09. The van der Waals surface area contributed by atoms with E-state index in [4.69, 9.17) is 11.6 Å². The maximum Gasteiger partial charge on any atom is 0.417 e. The quantitative estimate of drug-likeness (QED) is 0.773. The van der Waals surface area contributed by atoms with Gasteiger partial charge in [0.25, 0.3) is 0 Å². The molecule has 1 saturated heterocycles. The Morgan fingerprint density at radius 1 is 1.31 bits per heavy atom. The van der Waals surface area contributed by atoms with Crippen LogP contribution in [0.5, 0.6) is 0 Å². The number of carbonyl (C=O) groups is 3. The molecule has 0 aliphatic carbocycles. The Hall–Kier alpha value is -2.29. The molecule has 1 aromatic carbocycles. The summed E-state index contributed by atoms with van der Waals surface area (Å²) in [5.41, 5.74) is -1.12. The minimum absolute atomic E-state index is 0.0221. The van der Waals surface area contributed by atoms with E-state index in [0.717, 1.165) is 12.1 Å². The van der Waals surface area contributed by atoms with Crippen molar-refractivity contribution in [3.8, 4) is 0 Å². The van der Waals surface area contributed by atoms with Gasteiger partial charge < -0.3 is 15.1 Å². The van der Waals surface area contributed by atoms with Crippen LogP contribution < -0.4 is 5.32 Å². The van der Waals surface area contributed by atoms with Crippen LogP contribution in [0.3, 0.4) is 0 Å². The summed E-state index contributed by atoms with van der Waals surface area (Å²) in [5.74, 6) is -1.33. The fourth-order valence-corrected chi connectivity index (χ4v) is 3.48. The molecule has 0 spiro atoms. The van der Waals surface area contributed by atoms with E-state index in [1.807, 2.05) is 0 Å². The number of amides is 3. The summed E-state index contributed by atoms with van der Waals surface area (Å²) in [6.07, 6.45) is -2.97. The molecule has 0 bridgehead atoms. The van der Waals surface area contributed by atoms with Crippen molar-refractivity contribution in [2.45, 2.75) is 32.4 Å². The Labute approximate surface area is 172 Å². The van der Waals surface area contributed by atoms with Crippen LogP contribution in [-0.4, -0.2) is 54.2 Å². The number of anilines is 1. The molecule has 1 atom stereocenters. The van der Waals surface area contributed by atoms with Gasteiger partial charge >= 0.3 is 6.18 Å². The summed E-state index contributed by atoms with van der Waals surface area (Å²) < 4.78 is 38.8. The molecule has 1 aliphatic heterocycles. The van der Waals surface area contributed by atoms with Crippen molar-refractivity contribution >= 4 is 35.0 Å². The number of nitrogens with zero attached hydrogens (tertiary/aromatic N) is 2. The van der Waals surface area contributed by atoms with Crippen LogP contribution in [0.4, 0.5) is 18.9 Å². The average Bonchev–Trinajstić information content (AvgIpc) is 2.67. The lowest BCUT2D eigenvalue weighted by Gasteiger charge is -2.33. The topological polar surface area (TPSA) is 69.7 Å². The molecule has 1 heterocycles. The average molecular weight is 434 g/mol. The summed E-state index contributed by atoms with van der Waals surface area (Å²) in [6, 6.07) is 3.06. The highest BCUT2D eigenvalue weighted by Crippen LogP contribution is 2.36. The summed E-state index contributed by atoms with van der Waals surface area (Å²) >= 11 is 5.56. The van der Waals surface area contributed by atoms with E-state index >= 15 is 0 Å². The molecule has 160 valence electrons. The fourth-order valence-electron chi connectivity index (χ4n) is 3.25. The second kappa shape index (κ2) is 9.47. The normalized spacial score (nSPS) is 17.0. The van der Waals surface area contributed by atoms with Crippen molar-refractivity contribution in [1.29, 1.82) is 0 Å². The lowest BCUT2D eigenvalue weighted by atomic mass is 9.96. The summed E-state index contributed by atoms with van der Waals surface area (Å²) in [5, 5.41) is 1.88. The molecule has 1 aromatic rings. The molecular formula is C19H23ClF3N3O3. The van der Waals surface area contributed by atoms with Crippen LogP contribution in [-0.2, 0) is 20.6 Å². The van der Waals surface area contributed by atoms with Gasteiger partial charge in [-0.25, -0.2) is 0 Å². The Morgan fingerprint density at radius 2 is 2.00 bits per heavy atom. The summed E-state index contributed by atoms with van der Waals surface area (Å²) in [6.45, 7) is 2.36. The van der Waals surface area contributed by atoms with E-state index in [2.05, 4.69) is 5.32 Å². The first kappa shape index (κ1) is 23.0. The predicted molar refractivity (Wildman–Crippen MR) is 102 cm³/mol. The van der Waals surface area contributed by atoms with Gasteiger partial charge in [0.05, 0.1) is 23.0 Å². The molecule has 0 saturated carbocycles. The number of benzene rings is 1. The number of piperidine rings is 1. The predicted octanol–water partition coefficient (Wildman–Crippen LogP) is 3.40. The number of likely N-dealkylation sites (tertiary alicyclic amines) is 1. The molecule has 3 amide bonds. The molecule has 0 aromatic heterocycles. The van der Waals surface area contributed by atoms with Gasteiger partial charge in [-0.05, 0) is 31.0 Å². The molecule has 10 heteroatoms. The van der Waals surface area contributed by atoms with Crippen molar-refractivity contribution in [2.75, 3.05) is 32.0 Å². The molecule has 1 unspecified atom stereocenters. The van der Waals surface area contributed by atoms with E-state index in [1.54, 1.807) is 11.8 Å². The number of nitrogens with one attached hydrogen (secondary N) is 1. The van der Waals surface area contributed by atoms with Crippen LogP contribution >= 0.6 is 11.6 Å². The van der Waals surface area contributed by atoms with Crippen LogP contribution in [0.15, 0.2) is 18.2 Å². The minimum atomic E-state index is -4.65. The molecular weight excluding hydrogens is 411 g/mol. The molecule has 29 heavy (non-hydrogen) atoms. The first-order chi connectivity index (χ1) is 13.5. The second-order valence-electron chi connectivity index (χ2n) is 6.97. The van der Waals surface area contributed by atoms with E-state index in [-0.39, 0.29) is 24.0 Å². The molecule has 1 aliphatic rings. The Bertz CT molecular complexity index is 786. The number of hydrogen-bond acceptors (Lipinski definition) is 3. The molecule has 1 fully saturated rings. The summed E-state index contributed by atoms with van der Waals surface area (Å²) in [4.78, 5) is 39.5. The van der Waals surface area contributed by atoms with Crippen molar-refractivity contribution in [1.82, 2.24) is 9.80 Å². The molecule has 6 nitrogen and oxygen atoms in total. The number of carbonyl (C=O) groups excluding carboxylic acids is 3. The van der Waals surface area contributed by atoms with Gasteiger partial charge in [-0.1, -0.05) is 18.5 Å². The van der Waals surface area contributed by atoms with E-state index in [1.165, 1.54) is 18.0 Å². The van der Waals surface area contributed by atoms with Gasteiger partial charge in [0.1, 0.15) is 0 Å². The molecule has 0 radical (unpaired) electrons. The third-order valence-corrected chi connectivity index (χ3v) is 5.07.